The van der Waals surface area contributed by atoms with Crippen LogP contribution in [-0.4, -0.2) is 22.0 Å². The molecular weight excluding hydrogens is 326 g/mol. The van der Waals surface area contributed by atoms with Gasteiger partial charge in [-0.2, -0.15) is 0 Å². The lowest BCUT2D eigenvalue weighted by Gasteiger charge is -2.04. The molecule has 0 spiro atoms. The van der Waals surface area contributed by atoms with E-state index in [1.165, 1.54) is 17.5 Å². The van der Waals surface area contributed by atoms with E-state index in [-0.39, 0.29) is 30.0 Å². The van der Waals surface area contributed by atoms with Crippen LogP contribution in [-0.2, 0) is 11.3 Å². The molecule has 2 atom stereocenters. The van der Waals surface area contributed by atoms with E-state index in [0.29, 0.717) is 17.0 Å². The predicted molar refractivity (Wildman–Crippen MR) is 78.1 cm³/mol. The molecule has 1 heterocycles. The van der Waals surface area contributed by atoms with Crippen molar-refractivity contribution >= 4 is 23.2 Å². The minimum atomic E-state index is -1.12. The number of halogens is 2. The average molecular weight is 338 g/mol. The van der Waals surface area contributed by atoms with Gasteiger partial charge in [-0.05, 0) is 24.0 Å². The zero-order chi connectivity index (χ0) is 16.6. The number of carbonyl (C=O) groups is 2. The first kappa shape index (κ1) is 15.5. The van der Waals surface area contributed by atoms with Crippen molar-refractivity contribution in [1.82, 2.24) is 10.3 Å². The van der Waals surface area contributed by atoms with Crippen molar-refractivity contribution in [2.24, 2.45) is 5.92 Å². The Labute approximate surface area is 134 Å². The second kappa shape index (κ2) is 6.04. The monoisotopic (exact) mass is 338 g/mol. The van der Waals surface area contributed by atoms with Crippen LogP contribution in [0.5, 0.6) is 0 Å². The molecule has 2 aromatic rings. The van der Waals surface area contributed by atoms with Gasteiger partial charge in [-0.1, -0.05) is 6.07 Å². The summed E-state index contributed by atoms with van der Waals surface area (Å²) in [7, 11) is 0. The quantitative estimate of drug-likeness (QED) is 0.878. The zero-order valence-corrected chi connectivity index (χ0v) is 12.6. The third-order valence-corrected chi connectivity index (χ3v) is 4.52. The molecule has 1 saturated carbocycles. The van der Waals surface area contributed by atoms with E-state index in [1.807, 2.05) is 0 Å². The maximum absolute atomic E-state index is 13.7. The summed E-state index contributed by atoms with van der Waals surface area (Å²) >= 11 is 1.14. The summed E-state index contributed by atoms with van der Waals surface area (Å²) in [6.45, 7) is 0.131. The van der Waals surface area contributed by atoms with Crippen LogP contribution in [0.4, 0.5) is 8.78 Å². The number of aromatic nitrogens is 1. The SMILES string of the molecule is O=C(O)c1csc(CNC(=O)[C@H]2C[C@@H]2c2ccc(F)cc2F)n1. The zero-order valence-electron chi connectivity index (χ0n) is 11.8. The molecule has 1 aromatic carbocycles. The topological polar surface area (TPSA) is 79.3 Å². The Balaban J connectivity index is 1.56. The van der Waals surface area contributed by atoms with Gasteiger partial charge in [0.1, 0.15) is 16.6 Å². The summed E-state index contributed by atoms with van der Waals surface area (Å²) in [5.74, 6) is -3.25. The van der Waals surface area contributed by atoms with Crippen LogP contribution in [0.2, 0.25) is 0 Å². The molecule has 1 aromatic heterocycles. The number of rotatable bonds is 5. The smallest absolute Gasteiger partial charge is 0.355 e. The van der Waals surface area contributed by atoms with Crippen molar-refractivity contribution in [3.63, 3.8) is 0 Å². The fraction of sp³-hybridized carbons (Fsp3) is 0.267. The summed E-state index contributed by atoms with van der Waals surface area (Å²) in [6.07, 6.45) is 0.507. The summed E-state index contributed by atoms with van der Waals surface area (Å²) < 4.78 is 26.6. The Bertz CT molecular complexity index is 778. The number of thiazole rings is 1. The Morgan fingerprint density at radius 1 is 1.39 bits per heavy atom. The number of aromatic carboxylic acids is 1. The van der Waals surface area contributed by atoms with Gasteiger partial charge in [0.05, 0.1) is 6.54 Å². The lowest BCUT2D eigenvalue weighted by molar-refractivity contribution is -0.122. The molecule has 0 radical (unpaired) electrons. The first-order valence-corrected chi connectivity index (χ1v) is 7.74. The van der Waals surface area contributed by atoms with Gasteiger partial charge in [-0.25, -0.2) is 18.6 Å². The highest BCUT2D eigenvalue weighted by Crippen LogP contribution is 2.48. The number of carboxylic acids is 1. The molecule has 3 rings (SSSR count). The molecule has 1 aliphatic rings. The average Bonchev–Trinajstić information content (AvgIpc) is 3.13. The van der Waals surface area contributed by atoms with Crippen molar-refractivity contribution in [2.75, 3.05) is 0 Å². The van der Waals surface area contributed by atoms with E-state index in [9.17, 15) is 18.4 Å². The minimum absolute atomic E-state index is 0.0584. The van der Waals surface area contributed by atoms with E-state index in [2.05, 4.69) is 10.3 Å². The normalized spacial score (nSPS) is 19.4. The standard InChI is InChI=1S/C15H12F2N2O3S/c16-7-1-2-8(11(17)3-7)9-4-10(9)14(20)18-5-13-19-12(6-23-13)15(21)22/h1-3,6,9-10H,4-5H2,(H,18,20)(H,21,22)/t9-,10+/m1/s1. The number of hydrogen-bond donors (Lipinski definition) is 2. The van der Waals surface area contributed by atoms with Crippen molar-refractivity contribution < 1.29 is 23.5 Å². The molecule has 2 N–H and O–H groups in total. The van der Waals surface area contributed by atoms with Crippen LogP contribution in [0.15, 0.2) is 23.6 Å². The van der Waals surface area contributed by atoms with Gasteiger partial charge in [-0.3, -0.25) is 4.79 Å². The number of nitrogens with zero attached hydrogens (tertiary/aromatic N) is 1. The number of carbonyl (C=O) groups excluding carboxylic acids is 1. The Morgan fingerprint density at radius 3 is 2.83 bits per heavy atom. The molecule has 8 heteroatoms. The molecule has 1 amide bonds. The highest BCUT2D eigenvalue weighted by atomic mass is 32.1. The van der Waals surface area contributed by atoms with Crippen LogP contribution in [0, 0.1) is 17.6 Å². The molecule has 1 fully saturated rings. The predicted octanol–water partition coefficient (Wildman–Crippen LogP) is 2.54. The maximum Gasteiger partial charge on any atom is 0.355 e. The molecule has 0 bridgehead atoms. The lowest BCUT2D eigenvalue weighted by Crippen LogP contribution is -2.25. The number of hydrogen-bond acceptors (Lipinski definition) is 4. The van der Waals surface area contributed by atoms with Gasteiger partial charge in [0.15, 0.2) is 5.69 Å². The summed E-state index contributed by atoms with van der Waals surface area (Å²) in [5.41, 5.74) is 0.283. The van der Waals surface area contributed by atoms with Crippen LogP contribution in [0.25, 0.3) is 0 Å². The Kier molecular flexibility index (Phi) is 4.08. The second-order valence-electron chi connectivity index (χ2n) is 5.26. The summed E-state index contributed by atoms with van der Waals surface area (Å²) in [6, 6.07) is 3.35. The molecule has 120 valence electrons. The first-order chi connectivity index (χ1) is 11.0. The van der Waals surface area contributed by atoms with Gasteiger partial charge >= 0.3 is 5.97 Å². The number of amides is 1. The van der Waals surface area contributed by atoms with Crippen LogP contribution < -0.4 is 5.32 Å². The van der Waals surface area contributed by atoms with Gasteiger partial charge in [-0.15, -0.1) is 11.3 Å². The third kappa shape index (κ3) is 3.37. The van der Waals surface area contributed by atoms with Gasteiger partial charge in [0.2, 0.25) is 5.91 Å². The minimum Gasteiger partial charge on any atom is -0.476 e. The lowest BCUT2D eigenvalue weighted by atomic mass is 10.1. The molecule has 0 unspecified atom stereocenters. The molecular formula is C15H12F2N2O3S. The molecule has 1 aliphatic carbocycles. The highest BCUT2D eigenvalue weighted by molar-refractivity contribution is 7.09. The number of benzene rings is 1. The van der Waals surface area contributed by atoms with Crippen molar-refractivity contribution in [3.05, 3.63) is 51.5 Å². The molecule has 23 heavy (non-hydrogen) atoms. The van der Waals surface area contributed by atoms with Crippen LogP contribution >= 0.6 is 11.3 Å². The van der Waals surface area contributed by atoms with Crippen molar-refractivity contribution in [2.45, 2.75) is 18.9 Å². The van der Waals surface area contributed by atoms with Gasteiger partial charge in [0, 0.05) is 17.4 Å². The number of carboxylic acid groups (broad SMARTS) is 1. The molecule has 5 nitrogen and oxygen atoms in total. The first-order valence-electron chi connectivity index (χ1n) is 6.86. The maximum atomic E-state index is 13.7. The van der Waals surface area contributed by atoms with E-state index in [1.54, 1.807) is 0 Å². The fourth-order valence-electron chi connectivity index (χ4n) is 2.41. The van der Waals surface area contributed by atoms with Crippen LogP contribution in [0.1, 0.15) is 33.4 Å². The Hall–Kier alpha value is -2.35. The van der Waals surface area contributed by atoms with E-state index < -0.39 is 17.6 Å². The molecule has 0 aliphatic heterocycles. The van der Waals surface area contributed by atoms with Crippen LogP contribution in [0.3, 0.4) is 0 Å². The van der Waals surface area contributed by atoms with Gasteiger partial charge in [0.25, 0.3) is 0 Å². The summed E-state index contributed by atoms with van der Waals surface area (Å²) in [5, 5.41) is 13.3. The van der Waals surface area contributed by atoms with E-state index in [4.69, 9.17) is 5.11 Å². The third-order valence-electron chi connectivity index (χ3n) is 3.67. The number of nitrogens with one attached hydrogen (secondary N) is 1. The van der Waals surface area contributed by atoms with Crippen molar-refractivity contribution in [3.8, 4) is 0 Å². The fourth-order valence-corrected chi connectivity index (χ4v) is 3.12. The summed E-state index contributed by atoms with van der Waals surface area (Å²) in [4.78, 5) is 26.6. The molecule has 0 saturated heterocycles. The van der Waals surface area contributed by atoms with E-state index >= 15 is 0 Å². The van der Waals surface area contributed by atoms with E-state index in [0.717, 1.165) is 17.4 Å². The highest BCUT2D eigenvalue weighted by Gasteiger charge is 2.45. The Morgan fingerprint density at radius 2 is 2.17 bits per heavy atom. The second-order valence-corrected chi connectivity index (χ2v) is 6.21. The largest absolute Gasteiger partial charge is 0.476 e. The van der Waals surface area contributed by atoms with Gasteiger partial charge < -0.3 is 10.4 Å². The van der Waals surface area contributed by atoms with Crippen molar-refractivity contribution in [1.29, 1.82) is 0 Å².